The molecule has 0 radical (unpaired) electrons. The lowest BCUT2D eigenvalue weighted by molar-refractivity contribution is -0.136. The molecular weight excluding hydrogens is 295 g/mol. The number of halogens is 1. The Kier molecular flexibility index (Phi) is 4.64. The Morgan fingerprint density at radius 3 is 2.07 bits per heavy atom. The van der Waals surface area contributed by atoms with Gasteiger partial charge in [0, 0.05) is 4.43 Å². The summed E-state index contributed by atoms with van der Waals surface area (Å²) in [5.74, 6) is -0.0824. The van der Waals surface area contributed by atoms with Crippen LogP contribution in [0.5, 0.6) is 0 Å². The van der Waals surface area contributed by atoms with Crippen LogP contribution in [0.25, 0.3) is 0 Å². The van der Waals surface area contributed by atoms with Crippen molar-refractivity contribution in [3.8, 4) is 0 Å². The monoisotopic (exact) mass is 310 g/mol. The quantitative estimate of drug-likeness (QED) is 0.590. The maximum Gasteiger partial charge on any atom is 0.243 e. The fraction of sp³-hybridized carbons (Fsp3) is 0.778. The molecular formula is C9H15IN2O2. The maximum absolute atomic E-state index is 11.5. The zero-order valence-corrected chi connectivity index (χ0v) is 10.3. The first-order valence-electron chi connectivity index (χ1n) is 4.85. The summed E-state index contributed by atoms with van der Waals surface area (Å²) in [6.07, 6.45) is 2.32. The van der Waals surface area contributed by atoms with Gasteiger partial charge in [0.15, 0.2) is 0 Å². The van der Waals surface area contributed by atoms with E-state index in [1.54, 1.807) is 0 Å². The molecule has 0 aromatic carbocycles. The molecule has 1 saturated heterocycles. The van der Waals surface area contributed by atoms with Crippen LogP contribution in [-0.2, 0) is 9.59 Å². The summed E-state index contributed by atoms with van der Waals surface area (Å²) >= 11 is 2.20. The molecule has 2 N–H and O–H groups in total. The van der Waals surface area contributed by atoms with Crippen molar-refractivity contribution < 1.29 is 9.59 Å². The second-order valence-corrected chi connectivity index (χ2v) is 4.47. The highest BCUT2D eigenvalue weighted by Crippen LogP contribution is 2.06. The van der Waals surface area contributed by atoms with Gasteiger partial charge in [-0.25, -0.2) is 0 Å². The normalized spacial score (nSPS) is 27.0. The third-order valence-electron chi connectivity index (χ3n) is 2.24. The van der Waals surface area contributed by atoms with E-state index in [1.807, 2.05) is 6.92 Å². The van der Waals surface area contributed by atoms with E-state index in [1.165, 1.54) is 0 Å². The molecule has 14 heavy (non-hydrogen) atoms. The molecule has 0 aromatic rings. The van der Waals surface area contributed by atoms with Crippen molar-refractivity contribution in [1.29, 1.82) is 0 Å². The Balaban J connectivity index is 2.53. The van der Waals surface area contributed by atoms with Crippen LogP contribution in [0.4, 0.5) is 0 Å². The standard InChI is InChI=1S/C9H15IN2O2/c1-2-3-6-8(13)12-7(4-5-10)9(14)11-6/h6-7H,2-5H2,1H3,(H,11,14)(H,12,13). The maximum atomic E-state index is 11.5. The molecule has 1 fully saturated rings. The van der Waals surface area contributed by atoms with E-state index in [-0.39, 0.29) is 23.9 Å². The van der Waals surface area contributed by atoms with Gasteiger partial charge in [-0.2, -0.15) is 0 Å². The fourth-order valence-electron chi connectivity index (χ4n) is 1.48. The van der Waals surface area contributed by atoms with Crippen molar-refractivity contribution in [2.24, 2.45) is 0 Å². The molecule has 1 aliphatic heterocycles. The van der Waals surface area contributed by atoms with E-state index in [0.717, 1.165) is 10.8 Å². The van der Waals surface area contributed by atoms with Gasteiger partial charge in [0.2, 0.25) is 11.8 Å². The smallest absolute Gasteiger partial charge is 0.243 e. The first-order valence-corrected chi connectivity index (χ1v) is 6.38. The zero-order valence-electron chi connectivity index (χ0n) is 8.18. The van der Waals surface area contributed by atoms with E-state index >= 15 is 0 Å². The Morgan fingerprint density at radius 1 is 1.14 bits per heavy atom. The first kappa shape index (κ1) is 11.7. The molecule has 1 aliphatic rings. The second-order valence-electron chi connectivity index (χ2n) is 3.39. The van der Waals surface area contributed by atoms with Crippen LogP contribution >= 0.6 is 22.6 Å². The van der Waals surface area contributed by atoms with Crippen LogP contribution in [-0.4, -0.2) is 28.3 Å². The Morgan fingerprint density at radius 2 is 1.64 bits per heavy atom. The molecule has 2 unspecified atom stereocenters. The summed E-state index contributed by atoms with van der Waals surface area (Å²) in [5, 5.41) is 5.49. The number of nitrogens with one attached hydrogen (secondary N) is 2. The number of carbonyl (C=O) groups excluding carboxylic acids is 2. The van der Waals surface area contributed by atoms with Gasteiger partial charge < -0.3 is 10.6 Å². The summed E-state index contributed by atoms with van der Waals surface area (Å²) in [6, 6.07) is -0.648. The molecule has 1 rings (SSSR count). The molecule has 2 amide bonds. The number of rotatable bonds is 4. The van der Waals surface area contributed by atoms with Gasteiger partial charge in [0.05, 0.1) is 0 Å². The van der Waals surface area contributed by atoms with Gasteiger partial charge in [-0.1, -0.05) is 35.9 Å². The summed E-state index contributed by atoms with van der Waals surface area (Å²) in [4.78, 5) is 23.0. The van der Waals surface area contributed by atoms with Crippen LogP contribution in [0, 0.1) is 0 Å². The third kappa shape index (κ3) is 2.83. The molecule has 4 nitrogen and oxygen atoms in total. The third-order valence-corrected chi connectivity index (χ3v) is 2.86. The summed E-state index contributed by atoms with van der Waals surface area (Å²) in [5.41, 5.74) is 0. The molecule has 0 bridgehead atoms. The summed E-state index contributed by atoms with van der Waals surface area (Å²) < 4.78 is 0.870. The average molecular weight is 310 g/mol. The number of carbonyl (C=O) groups is 2. The number of amides is 2. The number of hydrogen-bond donors (Lipinski definition) is 2. The molecule has 80 valence electrons. The van der Waals surface area contributed by atoms with Crippen LogP contribution in [0.2, 0.25) is 0 Å². The Bertz CT molecular complexity index is 209. The van der Waals surface area contributed by atoms with Crippen LogP contribution in [0.1, 0.15) is 26.2 Å². The van der Waals surface area contributed by atoms with Gasteiger partial charge >= 0.3 is 0 Å². The molecule has 5 heteroatoms. The largest absolute Gasteiger partial charge is 0.343 e. The van der Waals surface area contributed by atoms with Crippen molar-refractivity contribution in [2.75, 3.05) is 4.43 Å². The highest BCUT2D eigenvalue weighted by atomic mass is 127. The van der Waals surface area contributed by atoms with E-state index < -0.39 is 0 Å². The first-order chi connectivity index (χ1) is 6.69. The van der Waals surface area contributed by atoms with Gasteiger partial charge in [-0.05, 0) is 12.8 Å². The lowest BCUT2D eigenvalue weighted by Gasteiger charge is -2.29. The minimum Gasteiger partial charge on any atom is -0.343 e. The molecule has 2 atom stereocenters. The van der Waals surface area contributed by atoms with Crippen LogP contribution in [0.3, 0.4) is 0 Å². The summed E-state index contributed by atoms with van der Waals surface area (Å²) in [6.45, 7) is 2.00. The minimum atomic E-state index is -0.326. The van der Waals surface area contributed by atoms with Crippen molar-refractivity contribution in [3.63, 3.8) is 0 Å². The van der Waals surface area contributed by atoms with Gasteiger partial charge in [-0.15, -0.1) is 0 Å². The highest BCUT2D eigenvalue weighted by Gasteiger charge is 2.32. The SMILES string of the molecule is CCCC1NC(=O)C(CCI)NC1=O. The van der Waals surface area contributed by atoms with Crippen molar-refractivity contribution >= 4 is 34.4 Å². The zero-order chi connectivity index (χ0) is 10.6. The Hall–Kier alpha value is -0.330. The summed E-state index contributed by atoms with van der Waals surface area (Å²) in [7, 11) is 0. The van der Waals surface area contributed by atoms with E-state index in [0.29, 0.717) is 12.8 Å². The Labute approximate surface area is 97.3 Å². The highest BCUT2D eigenvalue weighted by molar-refractivity contribution is 14.1. The van der Waals surface area contributed by atoms with Crippen molar-refractivity contribution in [3.05, 3.63) is 0 Å². The lowest BCUT2D eigenvalue weighted by Crippen LogP contribution is -2.61. The topological polar surface area (TPSA) is 58.2 Å². The second kappa shape index (κ2) is 5.53. The average Bonchev–Trinajstić information content (AvgIpc) is 2.14. The van der Waals surface area contributed by atoms with Gasteiger partial charge in [0.1, 0.15) is 12.1 Å². The number of hydrogen-bond acceptors (Lipinski definition) is 2. The molecule has 0 aromatic heterocycles. The van der Waals surface area contributed by atoms with E-state index in [9.17, 15) is 9.59 Å². The predicted octanol–water partition coefficient (Wildman–Crippen LogP) is 0.595. The lowest BCUT2D eigenvalue weighted by atomic mass is 10.1. The van der Waals surface area contributed by atoms with E-state index in [2.05, 4.69) is 33.2 Å². The van der Waals surface area contributed by atoms with Gasteiger partial charge in [-0.3, -0.25) is 9.59 Å². The fourth-order valence-corrected chi connectivity index (χ4v) is 2.10. The number of alkyl halides is 1. The van der Waals surface area contributed by atoms with E-state index in [4.69, 9.17) is 0 Å². The van der Waals surface area contributed by atoms with Crippen LogP contribution in [0.15, 0.2) is 0 Å². The number of piperazine rings is 1. The predicted molar refractivity (Wildman–Crippen MR) is 62.3 cm³/mol. The molecule has 0 aliphatic carbocycles. The van der Waals surface area contributed by atoms with Crippen LogP contribution < -0.4 is 10.6 Å². The molecule has 0 saturated carbocycles. The molecule has 1 heterocycles. The minimum absolute atomic E-state index is 0.0405. The van der Waals surface area contributed by atoms with Crippen molar-refractivity contribution in [2.45, 2.75) is 38.3 Å². The molecule has 0 spiro atoms. The van der Waals surface area contributed by atoms with Gasteiger partial charge in [0.25, 0.3) is 0 Å². The van der Waals surface area contributed by atoms with Crippen molar-refractivity contribution in [1.82, 2.24) is 10.6 Å².